The molecule has 8 nitrogen and oxygen atoms in total. The van der Waals surface area contributed by atoms with Gasteiger partial charge in [0.2, 0.25) is 11.8 Å². The average Bonchev–Trinajstić information content (AvgIpc) is 3.16. The number of aromatic nitrogens is 2. The molecule has 0 unspecified atom stereocenters. The summed E-state index contributed by atoms with van der Waals surface area (Å²) in [6.45, 7) is 1.13. The molecule has 1 aromatic carbocycles. The van der Waals surface area contributed by atoms with Gasteiger partial charge in [-0.15, -0.1) is 0 Å². The standard InChI is InChI=1S/C18H16N4O4/c19-9-13-17(21-7-6-20-13)25-12-5-8-22(10-12)18(23)16-11-24-14-3-1-2-4-15(14)26-16/h1-4,6-7,12,16H,5,8,10-11H2/t12-,16-/m1/s1. The number of rotatable bonds is 3. The third-order valence-corrected chi connectivity index (χ3v) is 4.29. The number of fused-ring (bicyclic) bond motifs is 1. The highest BCUT2D eigenvalue weighted by atomic mass is 16.6. The second-order valence-electron chi connectivity index (χ2n) is 6.00. The summed E-state index contributed by atoms with van der Waals surface area (Å²) in [5.41, 5.74) is 0.137. The highest BCUT2D eigenvalue weighted by Gasteiger charge is 2.35. The maximum Gasteiger partial charge on any atom is 0.267 e. The lowest BCUT2D eigenvalue weighted by Gasteiger charge is -2.28. The van der Waals surface area contributed by atoms with Crippen LogP contribution in [0.3, 0.4) is 0 Å². The summed E-state index contributed by atoms with van der Waals surface area (Å²) in [5.74, 6) is 1.28. The molecule has 1 fully saturated rings. The Kier molecular flexibility index (Phi) is 4.27. The number of carbonyl (C=O) groups excluding carboxylic acids is 1. The molecule has 0 aliphatic carbocycles. The minimum absolute atomic E-state index is 0.134. The van der Waals surface area contributed by atoms with E-state index in [1.165, 1.54) is 12.4 Å². The van der Waals surface area contributed by atoms with Gasteiger partial charge in [-0.3, -0.25) is 4.79 Å². The minimum atomic E-state index is -0.671. The molecule has 2 aliphatic heterocycles. The van der Waals surface area contributed by atoms with Crippen LogP contribution in [0.5, 0.6) is 17.4 Å². The second-order valence-corrected chi connectivity index (χ2v) is 6.00. The summed E-state index contributed by atoms with van der Waals surface area (Å²) < 4.78 is 17.1. The zero-order valence-electron chi connectivity index (χ0n) is 13.9. The van der Waals surface area contributed by atoms with Gasteiger partial charge in [-0.1, -0.05) is 12.1 Å². The summed E-state index contributed by atoms with van der Waals surface area (Å²) in [7, 11) is 0. The van der Waals surface area contributed by atoms with Crippen molar-refractivity contribution in [2.75, 3.05) is 19.7 Å². The first kappa shape index (κ1) is 16.1. The largest absolute Gasteiger partial charge is 0.485 e. The predicted molar refractivity (Wildman–Crippen MR) is 88.7 cm³/mol. The molecule has 1 saturated heterocycles. The van der Waals surface area contributed by atoms with E-state index in [2.05, 4.69) is 9.97 Å². The number of hydrogen-bond acceptors (Lipinski definition) is 7. The Morgan fingerprint density at radius 2 is 2.08 bits per heavy atom. The predicted octanol–water partition coefficient (Wildman–Crippen LogP) is 1.17. The fourth-order valence-corrected chi connectivity index (χ4v) is 3.02. The number of ether oxygens (including phenoxy) is 3. The quantitative estimate of drug-likeness (QED) is 0.818. The van der Waals surface area contributed by atoms with E-state index in [4.69, 9.17) is 19.5 Å². The van der Waals surface area contributed by atoms with Crippen molar-refractivity contribution in [3.05, 3.63) is 42.4 Å². The summed E-state index contributed by atoms with van der Waals surface area (Å²) in [6.07, 6.45) is 2.65. The number of benzene rings is 1. The van der Waals surface area contributed by atoms with Crippen LogP contribution in [-0.4, -0.2) is 52.7 Å². The average molecular weight is 352 g/mol. The van der Waals surface area contributed by atoms with Crippen molar-refractivity contribution < 1.29 is 19.0 Å². The summed E-state index contributed by atoms with van der Waals surface area (Å²) in [5, 5.41) is 9.06. The molecule has 2 aromatic rings. The van der Waals surface area contributed by atoms with Crippen LogP contribution in [0.25, 0.3) is 0 Å². The molecule has 0 N–H and O–H groups in total. The van der Waals surface area contributed by atoms with Crippen LogP contribution in [0.2, 0.25) is 0 Å². The van der Waals surface area contributed by atoms with E-state index in [1.54, 1.807) is 11.0 Å². The molecule has 0 bridgehead atoms. The molecule has 1 amide bonds. The van der Waals surface area contributed by atoms with E-state index in [0.29, 0.717) is 31.0 Å². The van der Waals surface area contributed by atoms with Crippen molar-refractivity contribution in [3.8, 4) is 23.4 Å². The molecule has 0 spiro atoms. The molecule has 2 atom stereocenters. The van der Waals surface area contributed by atoms with E-state index in [0.717, 1.165) is 0 Å². The monoisotopic (exact) mass is 352 g/mol. The molecule has 0 saturated carbocycles. The van der Waals surface area contributed by atoms with Crippen LogP contribution in [-0.2, 0) is 4.79 Å². The smallest absolute Gasteiger partial charge is 0.267 e. The topological polar surface area (TPSA) is 97.6 Å². The number of amides is 1. The Bertz CT molecular complexity index is 866. The van der Waals surface area contributed by atoms with Crippen LogP contribution in [0.1, 0.15) is 12.1 Å². The van der Waals surface area contributed by atoms with Crippen LogP contribution in [0.4, 0.5) is 0 Å². The Balaban J connectivity index is 1.38. The van der Waals surface area contributed by atoms with Crippen LogP contribution < -0.4 is 14.2 Å². The third-order valence-electron chi connectivity index (χ3n) is 4.29. The SMILES string of the molecule is N#Cc1nccnc1O[C@@H]1CCN(C(=O)[C@H]2COc3ccccc3O2)C1. The number of hydrogen-bond donors (Lipinski definition) is 0. The van der Waals surface area contributed by atoms with Crippen LogP contribution in [0.15, 0.2) is 36.7 Å². The lowest BCUT2D eigenvalue weighted by Crippen LogP contribution is -2.46. The summed E-state index contributed by atoms with van der Waals surface area (Å²) >= 11 is 0. The first-order valence-corrected chi connectivity index (χ1v) is 8.29. The van der Waals surface area contributed by atoms with E-state index in [9.17, 15) is 4.79 Å². The Hall–Kier alpha value is -3.34. The van der Waals surface area contributed by atoms with E-state index in [-0.39, 0.29) is 30.2 Å². The fourth-order valence-electron chi connectivity index (χ4n) is 3.02. The Morgan fingerprint density at radius 1 is 1.27 bits per heavy atom. The number of nitriles is 1. The summed E-state index contributed by atoms with van der Waals surface area (Å²) in [4.78, 5) is 22.4. The van der Waals surface area contributed by atoms with Gasteiger partial charge in [0.25, 0.3) is 11.8 Å². The van der Waals surface area contributed by atoms with Gasteiger partial charge in [0.1, 0.15) is 18.8 Å². The number of likely N-dealkylation sites (tertiary alicyclic amines) is 1. The van der Waals surface area contributed by atoms with Crippen molar-refractivity contribution in [2.24, 2.45) is 0 Å². The van der Waals surface area contributed by atoms with Crippen molar-refractivity contribution in [1.82, 2.24) is 14.9 Å². The third kappa shape index (κ3) is 3.11. The highest BCUT2D eigenvalue weighted by molar-refractivity contribution is 5.82. The molecular weight excluding hydrogens is 336 g/mol. The molecule has 26 heavy (non-hydrogen) atoms. The van der Waals surface area contributed by atoms with Gasteiger partial charge in [0.15, 0.2) is 11.5 Å². The first-order chi connectivity index (χ1) is 12.7. The van der Waals surface area contributed by atoms with Gasteiger partial charge >= 0.3 is 0 Å². The lowest BCUT2D eigenvalue weighted by molar-refractivity contribution is -0.140. The molecule has 4 rings (SSSR count). The van der Waals surface area contributed by atoms with Gasteiger partial charge in [-0.25, -0.2) is 9.97 Å². The molecule has 0 radical (unpaired) electrons. The van der Waals surface area contributed by atoms with E-state index >= 15 is 0 Å². The Morgan fingerprint density at radius 3 is 2.92 bits per heavy atom. The summed E-state index contributed by atoms with van der Waals surface area (Å²) in [6, 6.07) is 9.23. The van der Waals surface area contributed by atoms with E-state index < -0.39 is 6.10 Å². The molecule has 2 aliphatic rings. The normalized spacial score (nSPS) is 21.1. The van der Waals surface area contributed by atoms with E-state index in [1.807, 2.05) is 24.3 Å². The Labute approximate surface area is 149 Å². The lowest BCUT2D eigenvalue weighted by atomic mass is 10.2. The maximum atomic E-state index is 12.7. The molecule has 8 heteroatoms. The first-order valence-electron chi connectivity index (χ1n) is 8.29. The van der Waals surface area contributed by atoms with Crippen LogP contribution in [0, 0.1) is 11.3 Å². The molecule has 3 heterocycles. The van der Waals surface area contributed by atoms with Crippen molar-refractivity contribution >= 4 is 5.91 Å². The number of nitrogens with zero attached hydrogens (tertiary/aromatic N) is 4. The molecule has 132 valence electrons. The number of para-hydroxylation sites is 2. The maximum absolute atomic E-state index is 12.7. The highest BCUT2D eigenvalue weighted by Crippen LogP contribution is 2.31. The van der Waals surface area contributed by atoms with Crippen molar-refractivity contribution in [3.63, 3.8) is 0 Å². The van der Waals surface area contributed by atoms with Crippen molar-refractivity contribution in [2.45, 2.75) is 18.6 Å². The zero-order valence-corrected chi connectivity index (χ0v) is 13.9. The van der Waals surface area contributed by atoms with Gasteiger partial charge < -0.3 is 19.1 Å². The molecule has 1 aromatic heterocycles. The number of carbonyl (C=O) groups is 1. The van der Waals surface area contributed by atoms with Crippen LogP contribution >= 0.6 is 0 Å². The van der Waals surface area contributed by atoms with Crippen molar-refractivity contribution in [1.29, 1.82) is 5.26 Å². The fraction of sp³-hybridized carbons (Fsp3) is 0.333. The zero-order chi connectivity index (χ0) is 17.9. The van der Waals surface area contributed by atoms with Gasteiger partial charge in [0.05, 0.1) is 6.54 Å². The van der Waals surface area contributed by atoms with Gasteiger partial charge in [0, 0.05) is 25.4 Å². The van der Waals surface area contributed by atoms with Gasteiger partial charge in [-0.05, 0) is 12.1 Å². The van der Waals surface area contributed by atoms with Gasteiger partial charge in [-0.2, -0.15) is 5.26 Å². The second kappa shape index (κ2) is 6.88. The molecular formula is C18H16N4O4. The minimum Gasteiger partial charge on any atom is -0.485 e.